The van der Waals surface area contributed by atoms with Crippen LogP contribution in [0.25, 0.3) is 9.88 Å². The molecule has 3 aromatic rings. The van der Waals surface area contributed by atoms with Gasteiger partial charge >= 0.3 is 0 Å². The third kappa shape index (κ3) is 4.15. The first-order valence-corrected chi connectivity index (χ1v) is 10.7. The van der Waals surface area contributed by atoms with E-state index >= 15 is 0 Å². The maximum atomic E-state index is 12.6. The van der Waals surface area contributed by atoms with Crippen molar-refractivity contribution in [3.8, 4) is 9.88 Å². The largest absolute Gasteiger partial charge is 0.317 e. The zero-order chi connectivity index (χ0) is 17.2. The fourth-order valence-electron chi connectivity index (χ4n) is 2.91. The van der Waals surface area contributed by atoms with E-state index in [0.29, 0.717) is 15.9 Å². The molecule has 0 bridgehead atoms. The fraction of sp³-hybridized carbons (Fsp3) is 0.353. The van der Waals surface area contributed by atoms with Gasteiger partial charge in [-0.2, -0.15) is 0 Å². The third-order valence-corrected chi connectivity index (χ3v) is 7.49. The lowest BCUT2D eigenvalue weighted by molar-refractivity contribution is 0.103. The first-order chi connectivity index (χ1) is 12.2. The molecule has 138 valence electrons. The van der Waals surface area contributed by atoms with Gasteiger partial charge in [0.1, 0.15) is 9.88 Å². The van der Waals surface area contributed by atoms with Crippen LogP contribution in [-0.4, -0.2) is 29.0 Å². The number of anilines is 1. The van der Waals surface area contributed by atoms with Crippen LogP contribution in [-0.2, 0) is 0 Å². The molecule has 0 radical (unpaired) electrons. The van der Waals surface area contributed by atoms with Gasteiger partial charge in [0.2, 0.25) is 0 Å². The zero-order valence-corrected chi connectivity index (χ0v) is 17.4. The molecule has 9 heteroatoms. The predicted octanol–water partition coefficient (Wildman–Crippen LogP) is 4.78. The molecule has 1 aliphatic rings. The molecule has 3 aromatic heterocycles. The molecule has 0 aromatic carbocycles. The highest BCUT2D eigenvalue weighted by molar-refractivity contribution is 7.22. The Morgan fingerprint density at radius 1 is 1.31 bits per heavy atom. The Bertz CT molecular complexity index is 869. The molecule has 0 saturated carbocycles. The van der Waals surface area contributed by atoms with Gasteiger partial charge < -0.3 is 5.32 Å². The van der Waals surface area contributed by atoms with Gasteiger partial charge in [-0.1, -0.05) is 6.07 Å². The molecule has 1 saturated heterocycles. The summed E-state index contributed by atoms with van der Waals surface area (Å²) in [5, 5.41) is 9.90. The number of nitrogens with one attached hydrogen (secondary N) is 2. The van der Waals surface area contributed by atoms with E-state index in [1.54, 1.807) is 22.7 Å². The Morgan fingerprint density at radius 2 is 2.12 bits per heavy atom. The van der Waals surface area contributed by atoms with Crippen LogP contribution in [0.15, 0.2) is 23.7 Å². The number of aromatic nitrogens is 2. The highest BCUT2D eigenvalue weighted by Crippen LogP contribution is 2.34. The number of amides is 1. The number of aryl methyl sites for hydroxylation is 1. The highest BCUT2D eigenvalue weighted by atomic mass is 35.5. The fourth-order valence-corrected chi connectivity index (χ4v) is 5.64. The quantitative estimate of drug-likeness (QED) is 0.630. The van der Waals surface area contributed by atoms with E-state index in [2.05, 4.69) is 20.6 Å². The summed E-state index contributed by atoms with van der Waals surface area (Å²) in [6.07, 6.45) is 4.17. The van der Waals surface area contributed by atoms with E-state index in [1.165, 1.54) is 16.2 Å². The average molecular weight is 427 g/mol. The summed E-state index contributed by atoms with van der Waals surface area (Å²) in [6.45, 7) is 3.98. The van der Waals surface area contributed by atoms with Crippen molar-refractivity contribution in [1.29, 1.82) is 0 Å². The van der Waals surface area contributed by atoms with Gasteiger partial charge in [-0.15, -0.1) is 46.4 Å². The molecular weight excluding hydrogens is 408 g/mol. The van der Waals surface area contributed by atoms with Gasteiger partial charge in [0.15, 0.2) is 5.13 Å². The second-order valence-electron chi connectivity index (χ2n) is 5.96. The number of carbonyl (C=O) groups excluding carboxylic acids is 1. The van der Waals surface area contributed by atoms with Crippen molar-refractivity contribution in [3.63, 3.8) is 0 Å². The monoisotopic (exact) mass is 426 g/mol. The number of hydrogen-bond donors (Lipinski definition) is 2. The molecular formula is C17H19ClN4OS3. The second-order valence-corrected chi connectivity index (χ2v) is 8.97. The molecule has 0 aliphatic carbocycles. The minimum absolute atomic E-state index is 0. The van der Waals surface area contributed by atoms with Crippen molar-refractivity contribution < 1.29 is 4.79 Å². The summed E-state index contributed by atoms with van der Waals surface area (Å²) < 4.78 is 0. The lowest BCUT2D eigenvalue weighted by atomic mass is 9.97. The van der Waals surface area contributed by atoms with Gasteiger partial charge in [0.25, 0.3) is 5.91 Å². The molecule has 1 aliphatic heterocycles. The summed E-state index contributed by atoms with van der Waals surface area (Å²) >= 11 is 4.66. The summed E-state index contributed by atoms with van der Waals surface area (Å²) in [7, 11) is 0. The molecule has 1 fully saturated rings. The van der Waals surface area contributed by atoms with Crippen molar-refractivity contribution in [2.45, 2.75) is 25.7 Å². The van der Waals surface area contributed by atoms with Crippen LogP contribution in [0.1, 0.15) is 39.0 Å². The Labute approximate surface area is 170 Å². The lowest BCUT2D eigenvalue weighted by Crippen LogP contribution is -2.26. The summed E-state index contributed by atoms with van der Waals surface area (Å²) in [5.74, 6) is 0.434. The maximum Gasteiger partial charge on any atom is 0.269 e. The Hall–Kier alpha value is -1.32. The number of halogens is 1. The van der Waals surface area contributed by atoms with Crippen LogP contribution in [0.3, 0.4) is 0 Å². The van der Waals surface area contributed by atoms with Crippen LogP contribution in [0, 0.1) is 6.92 Å². The van der Waals surface area contributed by atoms with Crippen molar-refractivity contribution in [2.24, 2.45) is 0 Å². The third-order valence-electron chi connectivity index (χ3n) is 4.22. The minimum atomic E-state index is -0.121. The summed E-state index contributed by atoms with van der Waals surface area (Å²) in [4.78, 5) is 24.6. The molecule has 0 spiro atoms. The summed E-state index contributed by atoms with van der Waals surface area (Å²) in [6, 6.07) is 4.02. The SMILES string of the molecule is Cc1nc(-c2cccs2)sc1C(=O)Nc1ncc(C2CCNCC2)s1.Cl. The van der Waals surface area contributed by atoms with E-state index in [-0.39, 0.29) is 18.3 Å². The second kappa shape index (κ2) is 8.58. The highest BCUT2D eigenvalue weighted by Gasteiger charge is 2.20. The minimum Gasteiger partial charge on any atom is -0.317 e. The maximum absolute atomic E-state index is 12.6. The number of rotatable bonds is 4. The van der Waals surface area contributed by atoms with Gasteiger partial charge in [0.05, 0.1) is 10.6 Å². The van der Waals surface area contributed by atoms with Crippen LogP contribution < -0.4 is 10.6 Å². The van der Waals surface area contributed by atoms with Crippen LogP contribution in [0.2, 0.25) is 0 Å². The molecule has 26 heavy (non-hydrogen) atoms. The molecule has 4 heterocycles. The Morgan fingerprint density at radius 3 is 2.85 bits per heavy atom. The van der Waals surface area contributed by atoms with Gasteiger partial charge in [0, 0.05) is 11.1 Å². The number of piperidine rings is 1. The van der Waals surface area contributed by atoms with Crippen LogP contribution >= 0.6 is 46.4 Å². The van der Waals surface area contributed by atoms with Crippen molar-refractivity contribution in [3.05, 3.63) is 39.2 Å². The molecule has 0 unspecified atom stereocenters. The normalized spacial score (nSPS) is 14.8. The van der Waals surface area contributed by atoms with E-state index in [0.717, 1.165) is 41.5 Å². The number of hydrogen-bond acceptors (Lipinski definition) is 7. The smallest absolute Gasteiger partial charge is 0.269 e. The van der Waals surface area contributed by atoms with Crippen molar-refractivity contribution in [2.75, 3.05) is 18.4 Å². The van der Waals surface area contributed by atoms with E-state index in [4.69, 9.17) is 0 Å². The standard InChI is InChI=1S/C17H18N4OS3.ClH/c1-10-14(25-16(20-10)12-3-2-8-23-12)15(22)21-17-19-9-13(24-17)11-4-6-18-7-5-11;/h2-3,8-9,11,18H,4-7H2,1H3,(H,19,21,22);1H. The Kier molecular flexibility index (Phi) is 6.42. The first kappa shape index (κ1) is 19.4. The van der Waals surface area contributed by atoms with Crippen LogP contribution in [0.5, 0.6) is 0 Å². The predicted molar refractivity (Wildman–Crippen MR) is 112 cm³/mol. The van der Waals surface area contributed by atoms with Gasteiger partial charge in [-0.25, -0.2) is 9.97 Å². The van der Waals surface area contributed by atoms with Crippen molar-refractivity contribution in [1.82, 2.24) is 15.3 Å². The zero-order valence-electron chi connectivity index (χ0n) is 14.2. The average Bonchev–Trinajstić information content (AvgIpc) is 3.35. The topological polar surface area (TPSA) is 66.9 Å². The van der Waals surface area contributed by atoms with E-state index in [1.807, 2.05) is 30.6 Å². The number of nitrogens with zero attached hydrogens (tertiary/aromatic N) is 2. The van der Waals surface area contributed by atoms with Crippen LogP contribution in [0.4, 0.5) is 5.13 Å². The molecule has 4 rings (SSSR count). The van der Waals surface area contributed by atoms with Gasteiger partial charge in [-0.3, -0.25) is 10.1 Å². The summed E-state index contributed by atoms with van der Waals surface area (Å²) in [5.41, 5.74) is 0.765. The van der Waals surface area contributed by atoms with Crippen molar-refractivity contribution >= 4 is 57.5 Å². The molecule has 0 atom stereocenters. The number of carbonyl (C=O) groups is 1. The van der Waals surface area contributed by atoms with E-state index in [9.17, 15) is 4.79 Å². The number of thiophene rings is 1. The number of thiazole rings is 2. The molecule has 5 nitrogen and oxygen atoms in total. The van der Waals surface area contributed by atoms with Gasteiger partial charge in [-0.05, 0) is 50.2 Å². The lowest BCUT2D eigenvalue weighted by Gasteiger charge is -2.20. The Balaban J connectivity index is 0.00000196. The van der Waals surface area contributed by atoms with E-state index < -0.39 is 0 Å². The first-order valence-electron chi connectivity index (χ1n) is 8.20. The molecule has 2 N–H and O–H groups in total. The molecule has 1 amide bonds.